The van der Waals surface area contributed by atoms with Crippen molar-refractivity contribution in [2.45, 2.75) is 37.5 Å². The molecule has 2 nitrogen and oxygen atoms in total. The van der Waals surface area contributed by atoms with Crippen LogP contribution in [0.15, 0.2) is 229 Å². The molecule has 4 bridgehead atoms. The lowest BCUT2D eigenvalue weighted by atomic mass is 9.43. The summed E-state index contributed by atoms with van der Waals surface area (Å²) in [6, 6.07) is 83.9. The van der Waals surface area contributed by atoms with E-state index in [-0.39, 0.29) is 5.41 Å². The maximum Gasteiger partial charge on any atom is 0.136 e. The summed E-state index contributed by atoms with van der Waals surface area (Å²) in [5, 5.41) is 4.91. The Kier molecular flexibility index (Phi) is 8.88. The van der Waals surface area contributed by atoms with Crippen LogP contribution in [0.1, 0.15) is 43.2 Å². The predicted octanol–water partition coefficient (Wildman–Crippen LogP) is 18.6. The molecule has 2 heteroatoms. The van der Waals surface area contributed by atoms with Gasteiger partial charge in [0.05, 0.1) is 0 Å². The zero-order valence-corrected chi connectivity index (χ0v) is 39.1. The summed E-state index contributed by atoms with van der Waals surface area (Å²) in [6.45, 7) is 0. The number of benzene rings is 10. The minimum absolute atomic E-state index is 0.0908. The van der Waals surface area contributed by atoms with Gasteiger partial charge in [-0.05, 0) is 188 Å². The van der Waals surface area contributed by atoms with E-state index in [0.29, 0.717) is 11.8 Å². The number of furan rings is 1. The Labute approximate surface area is 409 Å². The Morgan fingerprint density at radius 3 is 1.59 bits per heavy atom. The van der Waals surface area contributed by atoms with Gasteiger partial charge in [-0.25, -0.2) is 0 Å². The van der Waals surface area contributed by atoms with Gasteiger partial charge in [0.15, 0.2) is 0 Å². The van der Waals surface area contributed by atoms with Gasteiger partial charge in [-0.15, -0.1) is 0 Å². The summed E-state index contributed by atoms with van der Waals surface area (Å²) in [6.07, 6.45) is 6.65. The summed E-state index contributed by atoms with van der Waals surface area (Å²) in [5.41, 5.74) is 21.0. The highest BCUT2D eigenvalue weighted by Gasteiger charge is 2.62. The highest BCUT2D eigenvalue weighted by atomic mass is 16.3. The Morgan fingerprint density at radius 1 is 0.357 bits per heavy atom. The molecule has 334 valence electrons. The van der Waals surface area contributed by atoms with Gasteiger partial charge in [-0.1, -0.05) is 170 Å². The van der Waals surface area contributed by atoms with Crippen molar-refractivity contribution >= 4 is 49.8 Å². The van der Waals surface area contributed by atoms with E-state index in [1.807, 2.05) is 0 Å². The minimum Gasteiger partial charge on any atom is -0.456 e. The first-order chi connectivity index (χ1) is 34.7. The van der Waals surface area contributed by atoms with Crippen LogP contribution < -0.4 is 4.90 Å². The highest BCUT2D eigenvalue weighted by Crippen LogP contribution is 2.71. The molecule has 5 aliphatic carbocycles. The Balaban J connectivity index is 1.03. The number of hydrogen-bond acceptors (Lipinski definition) is 2. The molecule has 11 aromatic rings. The van der Waals surface area contributed by atoms with Crippen LogP contribution in [-0.4, -0.2) is 0 Å². The van der Waals surface area contributed by atoms with Crippen molar-refractivity contribution in [3.05, 3.63) is 236 Å². The summed E-state index contributed by atoms with van der Waals surface area (Å²) < 4.78 is 6.71. The maximum absolute atomic E-state index is 6.71. The zero-order valence-electron chi connectivity index (χ0n) is 39.1. The highest BCUT2D eigenvalue weighted by molar-refractivity contribution is 6.15. The molecule has 0 amide bonds. The average molecular weight is 898 g/mol. The van der Waals surface area contributed by atoms with E-state index in [1.165, 1.54) is 115 Å². The number of para-hydroxylation sites is 1. The smallest absolute Gasteiger partial charge is 0.136 e. The summed E-state index contributed by atoms with van der Waals surface area (Å²) in [5.74, 6) is 2.83. The van der Waals surface area contributed by atoms with Crippen molar-refractivity contribution in [2.75, 3.05) is 4.90 Å². The monoisotopic (exact) mass is 897 g/mol. The third-order valence-corrected chi connectivity index (χ3v) is 17.2. The number of fused-ring (bicyclic) bond motifs is 7. The topological polar surface area (TPSA) is 16.4 Å². The Bertz CT molecular complexity index is 3710. The van der Waals surface area contributed by atoms with Crippen LogP contribution >= 0.6 is 0 Å². The quantitative estimate of drug-likeness (QED) is 0.158. The van der Waals surface area contributed by atoms with Gasteiger partial charge in [-0.3, -0.25) is 0 Å². The largest absolute Gasteiger partial charge is 0.456 e. The molecule has 4 fully saturated rings. The number of nitrogens with zero attached hydrogens (tertiary/aromatic N) is 1. The first kappa shape index (κ1) is 40.0. The van der Waals surface area contributed by atoms with Crippen LogP contribution in [0.5, 0.6) is 0 Å². The normalized spacial score (nSPS) is 20.6. The molecule has 0 saturated heterocycles. The van der Waals surface area contributed by atoms with E-state index in [4.69, 9.17) is 4.42 Å². The fourth-order valence-corrected chi connectivity index (χ4v) is 14.6. The molecule has 10 aromatic carbocycles. The SMILES string of the molecule is c1ccc(-c2ccc(N(c3ccc(-c4ccccc4)cc3)c3cc(-c4cccc5oc6ccccc6c45)c4c(c3)C3(c5ccc(-c6cccc7ccccc67)cc5-4)C4CC5CC(C4)CC3C5)cc2)cc1. The molecular weight excluding hydrogens is 847 g/mol. The van der Waals surface area contributed by atoms with Crippen molar-refractivity contribution in [1.82, 2.24) is 0 Å². The molecule has 0 aliphatic heterocycles. The second kappa shape index (κ2) is 15.5. The van der Waals surface area contributed by atoms with Gasteiger partial charge in [-0.2, -0.15) is 0 Å². The molecule has 16 rings (SSSR count). The molecular formula is C68H51NO. The third kappa shape index (κ3) is 5.99. The maximum atomic E-state index is 6.71. The number of rotatable bonds is 7. The third-order valence-electron chi connectivity index (χ3n) is 17.2. The molecule has 5 aliphatic rings. The lowest BCUT2D eigenvalue weighted by Crippen LogP contribution is -2.55. The van der Waals surface area contributed by atoms with Gasteiger partial charge in [0.2, 0.25) is 0 Å². The molecule has 70 heavy (non-hydrogen) atoms. The second-order valence-corrected chi connectivity index (χ2v) is 20.8. The summed E-state index contributed by atoms with van der Waals surface area (Å²) in [7, 11) is 0. The first-order valence-electron chi connectivity index (χ1n) is 25.5. The number of anilines is 3. The van der Waals surface area contributed by atoms with Gasteiger partial charge >= 0.3 is 0 Å². The molecule has 4 saturated carbocycles. The second-order valence-electron chi connectivity index (χ2n) is 20.8. The molecule has 1 spiro atoms. The van der Waals surface area contributed by atoms with Crippen LogP contribution in [-0.2, 0) is 5.41 Å². The van der Waals surface area contributed by atoms with E-state index < -0.39 is 0 Å². The molecule has 1 heterocycles. The van der Waals surface area contributed by atoms with E-state index in [9.17, 15) is 0 Å². The number of hydrogen-bond donors (Lipinski definition) is 0. The fourth-order valence-electron chi connectivity index (χ4n) is 14.6. The predicted molar refractivity (Wildman–Crippen MR) is 291 cm³/mol. The fraction of sp³-hybridized carbons (Fsp3) is 0.147. The van der Waals surface area contributed by atoms with Crippen LogP contribution in [0.3, 0.4) is 0 Å². The van der Waals surface area contributed by atoms with Gasteiger partial charge in [0.25, 0.3) is 0 Å². The van der Waals surface area contributed by atoms with Crippen molar-refractivity contribution < 1.29 is 4.42 Å². The molecule has 0 N–H and O–H groups in total. The van der Waals surface area contributed by atoms with Crippen molar-refractivity contribution in [3.8, 4) is 55.6 Å². The van der Waals surface area contributed by atoms with Gasteiger partial charge in [0, 0.05) is 33.2 Å². The van der Waals surface area contributed by atoms with Crippen LogP contribution in [0.25, 0.3) is 88.3 Å². The molecule has 0 unspecified atom stereocenters. The lowest BCUT2D eigenvalue weighted by molar-refractivity contribution is -0.0399. The average Bonchev–Trinajstić information content (AvgIpc) is 3.94. The molecule has 1 aromatic heterocycles. The van der Waals surface area contributed by atoms with E-state index >= 15 is 0 Å². The van der Waals surface area contributed by atoms with Crippen molar-refractivity contribution in [2.24, 2.45) is 23.7 Å². The van der Waals surface area contributed by atoms with Crippen LogP contribution in [0.2, 0.25) is 0 Å². The first-order valence-corrected chi connectivity index (χ1v) is 25.5. The van der Waals surface area contributed by atoms with Crippen LogP contribution in [0, 0.1) is 23.7 Å². The summed E-state index contributed by atoms with van der Waals surface area (Å²) >= 11 is 0. The van der Waals surface area contributed by atoms with Crippen molar-refractivity contribution in [1.29, 1.82) is 0 Å². The minimum atomic E-state index is -0.0908. The van der Waals surface area contributed by atoms with Crippen molar-refractivity contribution in [3.63, 3.8) is 0 Å². The lowest BCUT2D eigenvalue weighted by Gasteiger charge is -2.61. The zero-order chi connectivity index (χ0) is 45.9. The van der Waals surface area contributed by atoms with Gasteiger partial charge < -0.3 is 9.32 Å². The standard InChI is InChI=1S/C68H51NO/c1-3-13-45(14-4-1)47-25-30-53(31-26-47)69(54-32-27-48(28-33-54)46-15-5-2-6-16-46)55-41-60(58-22-12-24-65-67(58)59-20-9-10-23-64(59)70-65)66-61-40-50(57-21-11-18-49-17-7-8-19-56(49)57)29-34-62(61)68(63(66)42-55)51-36-43-35-44(38-51)39-52(68)37-43/h1-34,40-44,51-52H,35-39H2. The van der Waals surface area contributed by atoms with E-state index in [2.05, 4.69) is 229 Å². The van der Waals surface area contributed by atoms with Crippen LogP contribution in [0.4, 0.5) is 17.1 Å². The Hall–Kier alpha value is -7.94. The molecule has 0 radical (unpaired) electrons. The summed E-state index contributed by atoms with van der Waals surface area (Å²) in [4.78, 5) is 2.54. The molecule has 0 atom stereocenters. The van der Waals surface area contributed by atoms with Gasteiger partial charge in [0.1, 0.15) is 11.2 Å². The van der Waals surface area contributed by atoms with E-state index in [1.54, 1.807) is 5.56 Å². The van der Waals surface area contributed by atoms with E-state index in [0.717, 1.165) is 39.8 Å². The Morgan fingerprint density at radius 2 is 0.900 bits per heavy atom.